The largest absolute Gasteiger partial charge is 0.329 e. The van der Waals surface area contributed by atoms with Crippen molar-refractivity contribution < 1.29 is 0 Å². The average molecular weight is 261 g/mol. The van der Waals surface area contributed by atoms with Crippen molar-refractivity contribution >= 4 is 15.9 Å². The van der Waals surface area contributed by atoms with Crippen molar-refractivity contribution in [3.8, 4) is 0 Å². The highest BCUT2D eigenvalue weighted by Gasteiger charge is 2.07. The number of aromatic amines is 1. The smallest absolute Gasteiger partial charge is 0.287 e. The highest BCUT2D eigenvalue weighted by Crippen LogP contribution is 2.19. The van der Waals surface area contributed by atoms with E-state index in [1.54, 1.807) is 0 Å². The van der Waals surface area contributed by atoms with Gasteiger partial charge in [0.15, 0.2) is 0 Å². The average Bonchev–Trinajstić information content (AvgIpc) is 2.14. The Morgan fingerprint density at radius 3 is 2.86 bits per heavy atom. The van der Waals surface area contributed by atoms with Crippen LogP contribution in [0.2, 0.25) is 0 Å². The van der Waals surface area contributed by atoms with E-state index in [2.05, 4.69) is 27.8 Å². The molecule has 1 aromatic rings. The first-order valence-corrected chi connectivity index (χ1v) is 5.52. The zero-order valence-electron chi connectivity index (χ0n) is 8.00. The Morgan fingerprint density at radius 1 is 1.57 bits per heavy atom. The summed E-state index contributed by atoms with van der Waals surface area (Å²) < 4.78 is 1.48. The molecule has 0 amide bonds. The Labute approximate surface area is 90.1 Å². The van der Waals surface area contributed by atoms with Crippen LogP contribution in [0.5, 0.6) is 0 Å². The molecule has 1 rings (SSSR count). The third-order valence-corrected chi connectivity index (χ3v) is 2.85. The Kier molecular flexibility index (Phi) is 4.13. The molecule has 4 nitrogen and oxygen atoms in total. The van der Waals surface area contributed by atoms with Crippen LogP contribution >= 0.6 is 15.9 Å². The summed E-state index contributed by atoms with van der Waals surface area (Å²) >= 11 is 3.40. The lowest BCUT2D eigenvalue weighted by atomic mass is 10.2. The summed E-state index contributed by atoms with van der Waals surface area (Å²) in [4.78, 5) is 24.3. The molecular formula is C9H13BrN2O2. The topological polar surface area (TPSA) is 54.9 Å². The number of halogens is 1. The Bertz CT molecular complexity index is 396. The lowest BCUT2D eigenvalue weighted by Gasteiger charge is -2.11. The monoisotopic (exact) mass is 260 g/mol. The lowest BCUT2D eigenvalue weighted by molar-refractivity contribution is 0.569. The number of unbranched alkanes of at least 4 members (excludes halogenated alkanes) is 1. The van der Waals surface area contributed by atoms with Gasteiger partial charge < -0.3 is 0 Å². The molecule has 0 fully saturated rings. The van der Waals surface area contributed by atoms with Gasteiger partial charge in [0.2, 0.25) is 0 Å². The Morgan fingerprint density at radius 2 is 2.29 bits per heavy atom. The van der Waals surface area contributed by atoms with Crippen LogP contribution in [0, 0.1) is 0 Å². The summed E-state index contributed by atoms with van der Waals surface area (Å²) in [5.41, 5.74) is -0.725. The van der Waals surface area contributed by atoms with Crippen molar-refractivity contribution in [3.05, 3.63) is 33.1 Å². The van der Waals surface area contributed by atoms with Gasteiger partial charge in [0, 0.05) is 12.3 Å². The van der Waals surface area contributed by atoms with Gasteiger partial charge in [-0.25, -0.2) is 4.79 Å². The summed E-state index contributed by atoms with van der Waals surface area (Å²) in [6.45, 7) is 2.09. The van der Waals surface area contributed by atoms with Crippen LogP contribution in [0.1, 0.15) is 31.1 Å². The standard InChI is InChI=1S/C9H13BrN2O2/c1-2-3-4-7(10)12-6-5-8(13)11-9(12)14/h5-7H,2-4H2,1H3,(H,11,13,14). The molecule has 0 radical (unpaired) electrons. The molecule has 5 heteroatoms. The number of rotatable bonds is 4. The fraction of sp³-hybridized carbons (Fsp3) is 0.556. The SMILES string of the molecule is CCCCC(Br)n1ccc(=O)[nH]c1=O. The summed E-state index contributed by atoms with van der Waals surface area (Å²) in [5.74, 6) is 0. The first kappa shape index (κ1) is 11.2. The molecule has 14 heavy (non-hydrogen) atoms. The van der Waals surface area contributed by atoms with E-state index >= 15 is 0 Å². The van der Waals surface area contributed by atoms with Gasteiger partial charge in [-0.15, -0.1) is 0 Å². The van der Waals surface area contributed by atoms with Crippen molar-refractivity contribution in [2.45, 2.75) is 31.1 Å². The summed E-state index contributed by atoms with van der Waals surface area (Å²) in [6.07, 6.45) is 4.51. The van der Waals surface area contributed by atoms with Gasteiger partial charge >= 0.3 is 5.69 Å². The maximum Gasteiger partial charge on any atom is 0.329 e. The molecular weight excluding hydrogens is 248 g/mol. The van der Waals surface area contributed by atoms with E-state index in [1.807, 2.05) is 0 Å². The van der Waals surface area contributed by atoms with Crippen LogP contribution in [-0.2, 0) is 0 Å². The van der Waals surface area contributed by atoms with Gasteiger partial charge in [0.1, 0.15) is 0 Å². The molecule has 1 unspecified atom stereocenters. The second kappa shape index (κ2) is 5.14. The van der Waals surface area contributed by atoms with Gasteiger partial charge in [-0.05, 0) is 6.42 Å². The number of hydrogen-bond acceptors (Lipinski definition) is 2. The zero-order valence-corrected chi connectivity index (χ0v) is 9.58. The molecule has 0 aliphatic carbocycles. The van der Waals surface area contributed by atoms with Crippen molar-refractivity contribution in [2.24, 2.45) is 0 Å². The second-order valence-electron chi connectivity index (χ2n) is 3.09. The van der Waals surface area contributed by atoms with E-state index in [9.17, 15) is 9.59 Å². The van der Waals surface area contributed by atoms with Gasteiger partial charge in [-0.3, -0.25) is 14.3 Å². The van der Waals surface area contributed by atoms with Crippen LogP contribution < -0.4 is 11.2 Å². The minimum absolute atomic E-state index is 0.0354. The second-order valence-corrected chi connectivity index (χ2v) is 4.15. The number of alkyl halides is 1. The van der Waals surface area contributed by atoms with Gasteiger partial charge in [0.25, 0.3) is 5.56 Å². The number of nitrogens with one attached hydrogen (secondary N) is 1. The van der Waals surface area contributed by atoms with Crippen molar-refractivity contribution in [2.75, 3.05) is 0 Å². The maximum atomic E-state index is 11.3. The maximum absolute atomic E-state index is 11.3. The molecule has 1 heterocycles. The minimum atomic E-state index is -0.365. The van der Waals surface area contributed by atoms with Crippen molar-refractivity contribution in [1.29, 1.82) is 0 Å². The fourth-order valence-electron chi connectivity index (χ4n) is 1.16. The molecule has 1 N–H and O–H groups in total. The predicted octanol–water partition coefficient (Wildman–Crippen LogP) is 1.62. The molecule has 1 atom stereocenters. The molecule has 0 saturated heterocycles. The van der Waals surface area contributed by atoms with Crippen LogP contribution in [-0.4, -0.2) is 9.55 Å². The third kappa shape index (κ3) is 2.83. The normalized spacial score (nSPS) is 12.7. The molecule has 0 bridgehead atoms. The number of aromatic nitrogens is 2. The van der Waals surface area contributed by atoms with E-state index in [1.165, 1.54) is 16.8 Å². The first-order chi connectivity index (χ1) is 6.65. The Hall–Kier alpha value is -0.840. The molecule has 0 aromatic carbocycles. The fourth-order valence-corrected chi connectivity index (χ4v) is 1.81. The van der Waals surface area contributed by atoms with Gasteiger partial charge in [0.05, 0.1) is 4.95 Å². The van der Waals surface area contributed by atoms with Gasteiger partial charge in [-0.1, -0.05) is 35.7 Å². The van der Waals surface area contributed by atoms with Gasteiger partial charge in [-0.2, -0.15) is 0 Å². The predicted molar refractivity (Wildman–Crippen MR) is 58.8 cm³/mol. The van der Waals surface area contributed by atoms with E-state index in [0.29, 0.717) is 0 Å². The molecule has 0 aliphatic heterocycles. The Balaban J connectivity index is 2.85. The third-order valence-electron chi connectivity index (χ3n) is 1.95. The summed E-state index contributed by atoms with van der Waals surface area (Å²) in [7, 11) is 0. The number of nitrogens with zero attached hydrogens (tertiary/aromatic N) is 1. The van der Waals surface area contributed by atoms with Crippen LogP contribution in [0.25, 0.3) is 0 Å². The molecule has 0 aliphatic rings. The highest BCUT2D eigenvalue weighted by atomic mass is 79.9. The molecule has 0 saturated carbocycles. The van der Waals surface area contributed by atoms with E-state index in [-0.39, 0.29) is 16.2 Å². The van der Waals surface area contributed by atoms with Crippen LogP contribution in [0.15, 0.2) is 21.9 Å². The van der Waals surface area contributed by atoms with Crippen LogP contribution in [0.3, 0.4) is 0 Å². The first-order valence-electron chi connectivity index (χ1n) is 4.60. The number of hydrogen-bond donors (Lipinski definition) is 1. The summed E-state index contributed by atoms with van der Waals surface area (Å²) in [5, 5.41) is 0. The zero-order chi connectivity index (χ0) is 10.6. The summed E-state index contributed by atoms with van der Waals surface area (Å²) in [6, 6.07) is 1.35. The molecule has 78 valence electrons. The quantitative estimate of drug-likeness (QED) is 0.837. The van der Waals surface area contributed by atoms with E-state index < -0.39 is 0 Å². The van der Waals surface area contributed by atoms with Crippen molar-refractivity contribution in [3.63, 3.8) is 0 Å². The molecule has 0 spiro atoms. The molecule has 1 aromatic heterocycles. The minimum Gasteiger partial charge on any atom is -0.287 e. The van der Waals surface area contributed by atoms with E-state index in [4.69, 9.17) is 0 Å². The van der Waals surface area contributed by atoms with Crippen LogP contribution in [0.4, 0.5) is 0 Å². The highest BCUT2D eigenvalue weighted by molar-refractivity contribution is 9.09. The van der Waals surface area contributed by atoms with E-state index in [0.717, 1.165) is 19.3 Å². The lowest BCUT2D eigenvalue weighted by Crippen LogP contribution is -2.29. The van der Waals surface area contributed by atoms with Crippen molar-refractivity contribution in [1.82, 2.24) is 9.55 Å². The number of H-pyrrole nitrogens is 1.